The summed E-state index contributed by atoms with van der Waals surface area (Å²) in [6.45, 7) is 0.579. The van der Waals surface area contributed by atoms with Gasteiger partial charge in [-0.15, -0.1) is 0 Å². The lowest BCUT2D eigenvalue weighted by atomic mass is 9.97. The van der Waals surface area contributed by atoms with E-state index in [1.165, 1.54) is 9.71 Å². The van der Waals surface area contributed by atoms with Gasteiger partial charge in [0.1, 0.15) is 0 Å². The van der Waals surface area contributed by atoms with Crippen LogP contribution in [-0.4, -0.2) is 50.2 Å². The Labute approximate surface area is 159 Å². The number of nitrogens with one attached hydrogen (secondary N) is 2. The van der Waals surface area contributed by atoms with Gasteiger partial charge in [-0.25, -0.2) is 8.42 Å². The molecule has 1 aliphatic carbocycles. The molecule has 1 heterocycles. The van der Waals surface area contributed by atoms with Crippen LogP contribution in [0.2, 0.25) is 0 Å². The standard InChI is InChI=1S/C19H25N3O4S/c23-18(21-17-6-7-17)14-20-19(24)16-8-11-22(12-9-16)27(25,26)13-10-15-4-2-1-3-5-15/h1-5,10,13,16-17H,6-9,11-12,14H2,(H,20,24)(H,21,23)/b13-10+. The number of carbonyl (C=O) groups excluding carboxylic acids is 2. The maximum Gasteiger partial charge on any atom is 0.239 e. The van der Waals surface area contributed by atoms with Crippen molar-refractivity contribution < 1.29 is 18.0 Å². The third-order valence-corrected chi connectivity index (χ3v) is 6.35. The highest BCUT2D eigenvalue weighted by Crippen LogP contribution is 2.21. The summed E-state index contributed by atoms with van der Waals surface area (Å²) in [6.07, 6.45) is 4.49. The van der Waals surface area contributed by atoms with E-state index in [0.29, 0.717) is 25.9 Å². The monoisotopic (exact) mass is 391 g/mol. The van der Waals surface area contributed by atoms with Gasteiger partial charge in [0, 0.05) is 30.5 Å². The minimum atomic E-state index is -3.51. The summed E-state index contributed by atoms with van der Waals surface area (Å²) >= 11 is 0. The molecule has 1 saturated heterocycles. The van der Waals surface area contributed by atoms with Gasteiger partial charge in [-0.05, 0) is 37.3 Å². The second kappa shape index (κ2) is 8.67. The lowest BCUT2D eigenvalue weighted by molar-refractivity contribution is -0.129. The van der Waals surface area contributed by atoms with E-state index in [1.807, 2.05) is 30.3 Å². The van der Waals surface area contributed by atoms with Crippen molar-refractivity contribution in [3.05, 3.63) is 41.3 Å². The molecule has 8 heteroatoms. The Kier molecular flexibility index (Phi) is 6.28. The van der Waals surface area contributed by atoms with E-state index < -0.39 is 10.0 Å². The zero-order valence-electron chi connectivity index (χ0n) is 15.1. The lowest BCUT2D eigenvalue weighted by Gasteiger charge is -2.29. The molecule has 2 aliphatic rings. The van der Waals surface area contributed by atoms with E-state index in [4.69, 9.17) is 0 Å². The quantitative estimate of drug-likeness (QED) is 0.727. The van der Waals surface area contributed by atoms with Gasteiger partial charge in [0.25, 0.3) is 0 Å². The van der Waals surface area contributed by atoms with Crippen LogP contribution in [0.3, 0.4) is 0 Å². The SMILES string of the molecule is O=C(CNC(=O)C1CCN(S(=O)(=O)/C=C/c2ccccc2)CC1)NC1CC1. The van der Waals surface area contributed by atoms with E-state index in [9.17, 15) is 18.0 Å². The second-order valence-corrected chi connectivity index (χ2v) is 8.81. The molecule has 1 aromatic rings. The van der Waals surface area contributed by atoms with Crippen molar-refractivity contribution in [3.8, 4) is 0 Å². The maximum atomic E-state index is 12.4. The van der Waals surface area contributed by atoms with Gasteiger partial charge >= 0.3 is 0 Å². The van der Waals surface area contributed by atoms with E-state index in [2.05, 4.69) is 10.6 Å². The first-order valence-electron chi connectivity index (χ1n) is 9.24. The summed E-state index contributed by atoms with van der Waals surface area (Å²) in [4.78, 5) is 23.8. The van der Waals surface area contributed by atoms with Crippen LogP contribution in [-0.2, 0) is 19.6 Å². The zero-order valence-corrected chi connectivity index (χ0v) is 16.0. The number of amides is 2. The first-order valence-corrected chi connectivity index (χ1v) is 10.7. The average Bonchev–Trinajstić information content (AvgIpc) is 3.49. The summed E-state index contributed by atoms with van der Waals surface area (Å²) in [5, 5.41) is 6.68. The highest BCUT2D eigenvalue weighted by Gasteiger charge is 2.30. The molecule has 1 aliphatic heterocycles. The van der Waals surface area contributed by atoms with Gasteiger partial charge in [-0.1, -0.05) is 30.3 Å². The van der Waals surface area contributed by atoms with Crippen molar-refractivity contribution in [3.63, 3.8) is 0 Å². The predicted octanol–water partition coefficient (Wildman–Crippen LogP) is 1.09. The fourth-order valence-electron chi connectivity index (χ4n) is 3.01. The number of sulfonamides is 1. The molecular formula is C19H25N3O4S. The number of piperidine rings is 1. The average molecular weight is 391 g/mol. The Bertz CT molecular complexity index is 796. The number of carbonyl (C=O) groups is 2. The van der Waals surface area contributed by atoms with E-state index in [-0.39, 0.29) is 30.3 Å². The molecular weight excluding hydrogens is 366 g/mol. The fourth-order valence-corrected chi connectivity index (χ4v) is 4.23. The molecule has 0 atom stereocenters. The highest BCUT2D eigenvalue weighted by atomic mass is 32.2. The Balaban J connectivity index is 1.45. The summed E-state index contributed by atoms with van der Waals surface area (Å²) in [6, 6.07) is 9.51. The van der Waals surface area contributed by atoms with Crippen LogP contribution in [0.4, 0.5) is 0 Å². The molecule has 0 bridgehead atoms. The molecule has 1 aromatic carbocycles. The number of rotatable bonds is 7. The van der Waals surface area contributed by atoms with Crippen LogP contribution < -0.4 is 10.6 Å². The summed E-state index contributed by atoms with van der Waals surface area (Å²) in [5.41, 5.74) is 0.819. The van der Waals surface area contributed by atoms with Crippen molar-refractivity contribution in [2.45, 2.75) is 31.7 Å². The molecule has 2 fully saturated rings. The van der Waals surface area contributed by atoms with Crippen molar-refractivity contribution in [1.82, 2.24) is 14.9 Å². The largest absolute Gasteiger partial charge is 0.352 e. The Morgan fingerprint density at radius 1 is 1.07 bits per heavy atom. The van der Waals surface area contributed by atoms with Crippen LogP contribution in [0, 0.1) is 5.92 Å². The van der Waals surface area contributed by atoms with E-state index in [0.717, 1.165) is 18.4 Å². The number of hydrogen-bond donors (Lipinski definition) is 2. The molecule has 3 rings (SSSR count). The summed E-state index contributed by atoms with van der Waals surface area (Å²) < 4.78 is 26.3. The topological polar surface area (TPSA) is 95.6 Å². The molecule has 146 valence electrons. The molecule has 0 spiro atoms. The Hall–Kier alpha value is -2.19. The van der Waals surface area contributed by atoms with Gasteiger partial charge in [-0.3, -0.25) is 9.59 Å². The molecule has 2 N–H and O–H groups in total. The number of benzene rings is 1. The minimum Gasteiger partial charge on any atom is -0.352 e. The van der Waals surface area contributed by atoms with Crippen molar-refractivity contribution >= 4 is 27.9 Å². The minimum absolute atomic E-state index is 0.0202. The molecule has 0 unspecified atom stereocenters. The van der Waals surface area contributed by atoms with E-state index >= 15 is 0 Å². The number of nitrogens with zero attached hydrogens (tertiary/aromatic N) is 1. The molecule has 1 saturated carbocycles. The van der Waals surface area contributed by atoms with Gasteiger partial charge < -0.3 is 10.6 Å². The molecule has 7 nitrogen and oxygen atoms in total. The van der Waals surface area contributed by atoms with Gasteiger partial charge in [0.05, 0.1) is 6.54 Å². The highest BCUT2D eigenvalue weighted by molar-refractivity contribution is 7.92. The number of hydrogen-bond acceptors (Lipinski definition) is 4. The van der Waals surface area contributed by atoms with Crippen LogP contribution >= 0.6 is 0 Å². The molecule has 27 heavy (non-hydrogen) atoms. The fraction of sp³-hybridized carbons (Fsp3) is 0.474. The molecule has 0 aromatic heterocycles. The van der Waals surface area contributed by atoms with Crippen LogP contribution in [0.15, 0.2) is 35.7 Å². The first-order chi connectivity index (χ1) is 12.9. The smallest absolute Gasteiger partial charge is 0.239 e. The first kappa shape index (κ1) is 19.6. The third-order valence-electron chi connectivity index (χ3n) is 4.78. The van der Waals surface area contributed by atoms with Crippen molar-refractivity contribution in [1.29, 1.82) is 0 Å². The van der Waals surface area contributed by atoms with Gasteiger partial charge in [0.2, 0.25) is 21.8 Å². The van der Waals surface area contributed by atoms with E-state index in [1.54, 1.807) is 6.08 Å². The lowest BCUT2D eigenvalue weighted by Crippen LogP contribution is -2.44. The maximum absolute atomic E-state index is 12.4. The second-order valence-electron chi connectivity index (χ2n) is 6.99. The predicted molar refractivity (Wildman–Crippen MR) is 103 cm³/mol. The summed E-state index contributed by atoms with van der Waals surface area (Å²) in [5.74, 6) is -0.613. The molecule has 0 radical (unpaired) electrons. The Morgan fingerprint density at radius 3 is 2.37 bits per heavy atom. The van der Waals surface area contributed by atoms with Gasteiger partial charge in [0.15, 0.2) is 0 Å². The van der Waals surface area contributed by atoms with Crippen molar-refractivity contribution in [2.24, 2.45) is 5.92 Å². The third kappa shape index (κ3) is 5.90. The van der Waals surface area contributed by atoms with Crippen LogP contribution in [0.25, 0.3) is 6.08 Å². The zero-order chi connectivity index (χ0) is 19.3. The van der Waals surface area contributed by atoms with Crippen LogP contribution in [0.1, 0.15) is 31.2 Å². The van der Waals surface area contributed by atoms with Crippen LogP contribution in [0.5, 0.6) is 0 Å². The summed E-state index contributed by atoms with van der Waals surface area (Å²) in [7, 11) is -3.51. The van der Waals surface area contributed by atoms with Crippen molar-refractivity contribution in [2.75, 3.05) is 19.6 Å². The normalized spacial score (nSPS) is 19.1. The van der Waals surface area contributed by atoms with Gasteiger partial charge in [-0.2, -0.15) is 4.31 Å². The molecule has 2 amide bonds. The Morgan fingerprint density at radius 2 is 1.74 bits per heavy atom.